The molecule has 0 aromatic carbocycles. The Hall–Kier alpha value is -1.83. The second-order valence-corrected chi connectivity index (χ2v) is 26.6. The predicted molar refractivity (Wildman–Crippen MR) is 196 cm³/mol. The van der Waals surface area contributed by atoms with E-state index in [1.165, 1.54) is 6.92 Å². The number of aliphatic hydroxyl groups excluding tert-OH is 2. The van der Waals surface area contributed by atoms with Crippen LogP contribution in [-0.4, -0.2) is 75.3 Å². The van der Waals surface area contributed by atoms with Crippen molar-refractivity contribution in [2.45, 2.75) is 162 Å². The first kappa shape index (κ1) is 41.3. The van der Waals surface area contributed by atoms with Crippen molar-refractivity contribution in [2.75, 3.05) is 0 Å². The summed E-state index contributed by atoms with van der Waals surface area (Å²) in [4.78, 5) is 26.8. The first-order chi connectivity index (χ1) is 21.2. The summed E-state index contributed by atoms with van der Waals surface area (Å²) in [5.74, 6) is -1.70. The molecule has 47 heavy (non-hydrogen) atoms. The number of hydrogen-bond acceptors (Lipinski definition) is 7. The predicted octanol–water partition coefficient (Wildman–Crippen LogP) is 7.36. The Morgan fingerprint density at radius 3 is 1.98 bits per heavy atom. The quantitative estimate of drug-likeness (QED) is 0.197. The average Bonchev–Trinajstić information content (AvgIpc) is 2.92. The zero-order valence-electron chi connectivity index (χ0n) is 31.9. The number of fused-ring (bicyclic) bond motifs is 10. The minimum Gasteiger partial charge on any atom is -0.461 e. The maximum absolute atomic E-state index is 14.0. The Labute approximate surface area is 287 Å². The normalized spacial score (nSPS) is 34.6. The van der Waals surface area contributed by atoms with Gasteiger partial charge in [-0.05, 0) is 70.4 Å². The van der Waals surface area contributed by atoms with Crippen molar-refractivity contribution in [1.82, 2.24) is 5.32 Å². The molecule has 3 aliphatic rings. The average molecular weight is 692 g/mol. The second kappa shape index (κ2) is 15.4. The van der Waals surface area contributed by atoms with Crippen LogP contribution in [0.5, 0.6) is 0 Å². The second-order valence-electron chi connectivity index (χ2n) is 17.1. The lowest BCUT2D eigenvalue weighted by Gasteiger charge is -2.48. The van der Waals surface area contributed by atoms with E-state index in [4.69, 9.17) is 13.6 Å². The molecule has 0 aromatic rings. The van der Waals surface area contributed by atoms with E-state index in [1.807, 2.05) is 26.0 Å². The third kappa shape index (κ3) is 10.3. The van der Waals surface area contributed by atoms with Gasteiger partial charge in [0, 0.05) is 12.3 Å². The molecule has 0 unspecified atom stereocenters. The van der Waals surface area contributed by atoms with Gasteiger partial charge in [0.1, 0.15) is 17.6 Å². The zero-order chi connectivity index (χ0) is 36.3. The summed E-state index contributed by atoms with van der Waals surface area (Å²) in [7, 11) is -4.36. The summed E-state index contributed by atoms with van der Waals surface area (Å²) < 4.78 is 19.9. The van der Waals surface area contributed by atoms with Crippen LogP contribution in [0.25, 0.3) is 0 Å². The fourth-order valence-electron chi connectivity index (χ4n) is 5.33. The van der Waals surface area contributed by atoms with Gasteiger partial charge in [0.15, 0.2) is 16.6 Å². The Bertz CT molecular complexity index is 1240. The number of nitrogens with one attached hydrogen (secondary N) is 1. The molecule has 1 fully saturated rings. The molecule has 0 radical (unpaired) electrons. The van der Waals surface area contributed by atoms with E-state index in [9.17, 15) is 19.8 Å². The molecule has 3 rings (SSSR count). The van der Waals surface area contributed by atoms with Gasteiger partial charge in [0.25, 0.3) is 0 Å². The molecule has 0 saturated carbocycles. The van der Waals surface area contributed by atoms with Gasteiger partial charge in [-0.2, -0.15) is 0 Å². The molecule has 0 aromatic heterocycles. The Kier molecular flexibility index (Phi) is 13.5. The topological polar surface area (TPSA) is 114 Å². The van der Waals surface area contributed by atoms with Crippen molar-refractivity contribution in [3.05, 3.63) is 47.6 Å². The largest absolute Gasteiger partial charge is 0.461 e. The summed E-state index contributed by atoms with van der Waals surface area (Å²) in [6.07, 6.45) is 9.50. The van der Waals surface area contributed by atoms with Crippen LogP contribution in [-0.2, 0) is 23.2 Å². The summed E-state index contributed by atoms with van der Waals surface area (Å²) >= 11 is 0. The van der Waals surface area contributed by atoms with E-state index >= 15 is 0 Å². The first-order valence-electron chi connectivity index (χ1n) is 17.2. The van der Waals surface area contributed by atoms with Crippen LogP contribution in [0.3, 0.4) is 0 Å². The van der Waals surface area contributed by atoms with Crippen molar-refractivity contribution < 1.29 is 33.4 Å². The molecule has 2 aliphatic heterocycles. The Balaban J connectivity index is 2.75. The van der Waals surface area contributed by atoms with Gasteiger partial charge in [-0.3, -0.25) is 9.59 Å². The van der Waals surface area contributed by atoms with Crippen molar-refractivity contribution in [2.24, 2.45) is 11.3 Å². The number of amides is 1. The van der Waals surface area contributed by atoms with E-state index in [2.05, 4.69) is 98.2 Å². The number of carbonyl (C=O) groups excluding carboxylic acids is 2. The van der Waals surface area contributed by atoms with Gasteiger partial charge in [-0.25, -0.2) is 0 Å². The molecule has 1 aliphatic carbocycles. The van der Waals surface area contributed by atoms with Gasteiger partial charge in [0.05, 0.1) is 24.4 Å². The maximum atomic E-state index is 14.0. The number of ether oxygens (including phenoxy) is 1. The molecule has 8 atom stereocenters. The number of carbonyl (C=O) groups is 2. The number of rotatable bonds is 6. The molecule has 2 bridgehead atoms. The summed E-state index contributed by atoms with van der Waals surface area (Å²) in [6, 6.07) is -0.947. The molecule has 0 spiro atoms. The lowest BCUT2D eigenvalue weighted by Crippen LogP contribution is -2.63. The number of allylic oxidation sites excluding steroid dienone is 4. The van der Waals surface area contributed by atoms with Crippen LogP contribution in [0.4, 0.5) is 0 Å². The molecule has 1 saturated heterocycles. The number of hydrogen-bond donors (Lipinski definition) is 3. The lowest BCUT2D eigenvalue weighted by atomic mass is 9.68. The maximum Gasteiger partial charge on any atom is 0.317 e. The number of esters is 1. The third-order valence-corrected chi connectivity index (χ3v) is 19.9. The van der Waals surface area contributed by atoms with Gasteiger partial charge >= 0.3 is 5.97 Å². The fourth-order valence-corrected chi connectivity index (χ4v) is 7.90. The van der Waals surface area contributed by atoms with Crippen molar-refractivity contribution >= 4 is 28.5 Å². The third-order valence-electron chi connectivity index (χ3n) is 10.9. The van der Waals surface area contributed by atoms with E-state index in [0.717, 1.165) is 11.1 Å². The van der Waals surface area contributed by atoms with Crippen LogP contribution in [0.1, 0.15) is 89.0 Å². The lowest BCUT2D eigenvalue weighted by molar-refractivity contribution is -0.198. The van der Waals surface area contributed by atoms with E-state index in [-0.39, 0.29) is 22.3 Å². The minimum absolute atomic E-state index is 0.0172. The molecule has 268 valence electrons. The monoisotopic (exact) mass is 691 g/mol. The Morgan fingerprint density at radius 1 is 0.979 bits per heavy atom. The smallest absolute Gasteiger partial charge is 0.317 e. The van der Waals surface area contributed by atoms with Gasteiger partial charge in [0.2, 0.25) is 5.91 Å². The minimum atomic E-state index is -2.23. The summed E-state index contributed by atoms with van der Waals surface area (Å²) in [5.41, 5.74) is 0.336. The number of aliphatic hydroxyl groups is 2. The molecule has 8 nitrogen and oxygen atoms in total. The van der Waals surface area contributed by atoms with Crippen molar-refractivity contribution in [3.63, 3.8) is 0 Å². The summed E-state index contributed by atoms with van der Waals surface area (Å²) in [5, 5.41) is 24.7. The Morgan fingerprint density at radius 2 is 1.47 bits per heavy atom. The highest BCUT2D eigenvalue weighted by molar-refractivity contribution is 6.74. The molecular formula is C37H65NO7Si2. The van der Waals surface area contributed by atoms with Crippen molar-refractivity contribution in [3.8, 4) is 0 Å². The van der Waals surface area contributed by atoms with Gasteiger partial charge in [-0.1, -0.05) is 96.1 Å². The molecule has 1 amide bonds. The highest BCUT2D eigenvalue weighted by Gasteiger charge is 2.56. The van der Waals surface area contributed by atoms with Gasteiger partial charge in [-0.15, -0.1) is 0 Å². The SMILES string of the molecule is CC1=C\C[C@H](O[Si](C)(C)C(C)(C)C)/C=C/C(C)=C/[C@@H](NC(=O)[C@H](C)O)[C@]2(C)C(=O)O[C@H](C[C@H](O[Si](C)(C)C(C)(C)C)\C=C\1)[C@@H](C)[C@@H]2O. The van der Waals surface area contributed by atoms with E-state index in [1.54, 1.807) is 13.0 Å². The first-order valence-corrected chi connectivity index (χ1v) is 23.0. The van der Waals surface area contributed by atoms with Crippen molar-refractivity contribution in [1.29, 1.82) is 0 Å². The van der Waals surface area contributed by atoms with E-state index < -0.39 is 64.2 Å². The van der Waals surface area contributed by atoms with Crippen LogP contribution in [0.2, 0.25) is 36.3 Å². The fraction of sp³-hybridized carbons (Fsp3) is 0.730. The molecule has 3 N–H and O–H groups in total. The van der Waals surface area contributed by atoms with Gasteiger partial charge < -0.3 is 29.1 Å². The van der Waals surface area contributed by atoms with Crippen LogP contribution < -0.4 is 5.32 Å². The highest BCUT2D eigenvalue weighted by atomic mass is 28.4. The molecule has 2 heterocycles. The highest BCUT2D eigenvalue weighted by Crippen LogP contribution is 2.43. The van der Waals surface area contributed by atoms with Crippen LogP contribution >= 0.6 is 0 Å². The standard InChI is InChI=1S/C37H65NO7Si2/c1-24-16-19-28(44-46(12,13)35(5,6)7)20-18-25(2)22-31(38-33(41)27(4)39)37(11)32(40)26(3)30(43-34(37)42)23-29(21-17-24)45-47(14,15)36(8,9)10/h16-18,20-22,26-32,39-40H,19,23H2,1-15H3,(H,38,41)/b20-18+,21-17+,24-16+,25-22+/t26-,27+,28+,29-,30-,31-,32+,37+/m1/s1. The zero-order valence-corrected chi connectivity index (χ0v) is 33.9. The van der Waals surface area contributed by atoms with Crippen LogP contribution in [0.15, 0.2) is 47.6 Å². The molecular weight excluding hydrogens is 627 g/mol. The molecule has 10 heteroatoms. The summed E-state index contributed by atoms with van der Waals surface area (Å²) in [6.45, 7) is 30.9. The van der Waals surface area contributed by atoms with Crippen LogP contribution in [0, 0.1) is 11.3 Å². The van der Waals surface area contributed by atoms with E-state index in [0.29, 0.717) is 12.8 Å².